The van der Waals surface area contributed by atoms with Gasteiger partial charge in [0.25, 0.3) is 11.8 Å². The highest BCUT2D eigenvalue weighted by molar-refractivity contribution is 7.10. The number of hydrogen-bond donors (Lipinski definition) is 4. The maximum atomic E-state index is 15.0. The van der Waals surface area contributed by atoms with Gasteiger partial charge in [0.05, 0.1) is 12.6 Å². The number of carbonyl (C=O) groups excluding carboxylic acids is 3. The van der Waals surface area contributed by atoms with Crippen molar-refractivity contribution in [1.29, 1.82) is 5.41 Å². The fourth-order valence-electron chi connectivity index (χ4n) is 7.12. The summed E-state index contributed by atoms with van der Waals surface area (Å²) in [5.41, 5.74) is 6.83. The monoisotopic (exact) mass is 633 g/mol. The molecule has 45 heavy (non-hydrogen) atoms. The number of nitrogen functional groups attached to an aromatic ring is 1. The molecule has 3 aliphatic rings. The van der Waals surface area contributed by atoms with Gasteiger partial charge in [-0.05, 0) is 54.5 Å². The number of fused-ring (bicyclic) bond motifs is 3. The van der Waals surface area contributed by atoms with Crippen molar-refractivity contribution in [3.05, 3.63) is 81.0 Å². The molecule has 6 rings (SSSR count). The molecule has 3 atom stereocenters. The molecule has 0 spiro atoms. The molecule has 236 valence electrons. The molecule has 2 aliphatic carbocycles. The average molecular weight is 634 g/mol. The minimum absolute atomic E-state index is 0.0383. The molecule has 1 aromatic heterocycles. The number of likely N-dealkylation sites (tertiary alicyclic amines) is 1. The standard InChI is InChI=1S/C34H37F2N5O3S/c1-19(29-15-23(18-45-29)31(37)38)40-33(44)28-14-22(20-7-3-2-4-8-20)17-41(28)30(42)16-39-32(43)21-11-12-27-25(13-21)24-9-5-6-10-26(24)34(27,35)36/h5-6,9-13,15,18-20,22,28H,2-4,7-8,14,16-17H2,1H3,(H3,37,38)(H,39,43)(H,40,44)/t19?,22-,28-/m0/s1. The van der Waals surface area contributed by atoms with E-state index in [9.17, 15) is 23.2 Å². The second kappa shape index (κ2) is 12.3. The Bertz CT molecular complexity index is 1650. The van der Waals surface area contributed by atoms with Crippen molar-refractivity contribution in [2.75, 3.05) is 13.1 Å². The van der Waals surface area contributed by atoms with Crippen molar-refractivity contribution >= 4 is 34.9 Å². The van der Waals surface area contributed by atoms with Gasteiger partial charge in [0, 0.05) is 39.1 Å². The molecule has 3 aromatic rings. The number of hydrogen-bond acceptors (Lipinski definition) is 5. The predicted molar refractivity (Wildman–Crippen MR) is 169 cm³/mol. The number of carbonyl (C=O) groups is 3. The number of alkyl halides is 2. The number of amidine groups is 1. The lowest BCUT2D eigenvalue weighted by Crippen LogP contribution is -2.49. The van der Waals surface area contributed by atoms with E-state index in [1.54, 1.807) is 34.5 Å². The second-order valence-electron chi connectivity index (χ2n) is 12.4. The van der Waals surface area contributed by atoms with Crippen LogP contribution in [0.15, 0.2) is 53.9 Å². The number of nitrogens with one attached hydrogen (secondary N) is 3. The third-order valence-corrected chi connectivity index (χ3v) is 10.7. The van der Waals surface area contributed by atoms with Crippen LogP contribution in [-0.2, 0) is 15.5 Å². The van der Waals surface area contributed by atoms with Crippen LogP contribution in [0.3, 0.4) is 0 Å². The van der Waals surface area contributed by atoms with Crippen molar-refractivity contribution < 1.29 is 23.2 Å². The number of nitrogens with two attached hydrogens (primary N) is 1. The van der Waals surface area contributed by atoms with Crippen LogP contribution in [0.1, 0.15) is 83.4 Å². The van der Waals surface area contributed by atoms with E-state index in [1.807, 2.05) is 6.92 Å². The van der Waals surface area contributed by atoms with Gasteiger partial charge in [0.2, 0.25) is 11.8 Å². The first-order valence-electron chi connectivity index (χ1n) is 15.5. The number of thiophene rings is 1. The van der Waals surface area contributed by atoms with Gasteiger partial charge < -0.3 is 21.3 Å². The van der Waals surface area contributed by atoms with Crippen molar-refractivity contribution in [3.63, 3.8) is 0 Å². The largest absolute Gasteiger partial charge is 0.384 e. The maximum absolute atomic E-state index is 15.0. The van der Waals surface area contributed by atoms with E-state index < -0.39 is 17.9 Å². The van der Waals surface area contributed by atoms with E-state index in [0.29, 0.717) is 35.6 Å². The number of amides is 3. The van der Waals surface area contributed by atoms with Gasteiger partial charge in [-0.15, -0.1) is 11.3 Å². The quantitative estimate of drug-likeness (QED) is 0.191. The zero-order valence-corrected chi connectivity index (χ0v) is 25.9. The molecule has 1 saturated carbocycles. The molecule has 2 heterocycles. The third kappa shape index (κ3) is 5.97. The van der Waals surface area contributed by atoms with E-state index in [2.05, 4.69) is 10.6 Å². The lowest BCUT2D eigenvalue weighted by atomic mass is 9.79. The van der Waals surface area contributed by atoms with Crippen molar-refractivity contribution in [1.82, 2.24) is 15.5 Å². The molecule has 2 fully saturated rings. The van der Waals surface area contributed by atoms with Crippen LogP contribution < -0.4 is 16.4 Å². The first-order chi connectivity index (χ1) is 21.5. The molecule has 0 radical (unpaired) electrons. The summed E-state index contributed by atoms with van der Waals surface area (Å²) in [6.45, 7) is 1.99. The highest BCUT2D eigenvalue weighted by atomic mass is 32.1. The van der Waals surface area contributed by atoms with Gasteiger partial charge in [-0.3, -0.25) is 19.8 Å². The Morgan fingerprint density at radius 3 is 2.49 bits per heavy atom. The van der Waals surface area contributed by atoms with Crippen LogP contribution in [0, 0.1) is 17.2 Å². The summed E-state index contributed by atoms with van der Waals surface area (Å²) in [4.78, 5) is 42.8. The van der Waals surface area contributed by atoms with Gasteiger partial charge in [0.1, 0.15) is 11.9 Å². The fraction of sp³-hybridized carbons (Fsp3) is 0.412. The molecule has 5 N–H and O–H groups in total. The topological polar surface area (TPSA) is 128 Å². The molecular formula is C34H37F2N5O3S. The van der Waals surface area contributed by atoms with Crippen LogP contribution in [0.25, 0.3) is 11.1 Å². The molecule has 0 bridgehead atoms. The lowest BCUT2D eigenvalue weighted by Gasteiger charge is -2.27. The molecule has 1 saturated heterocycles. The number of halogens is 2. The van der Waals surface area contributed by atoms with Gasteiger partial charge in [-0.25, -0.2) is 0 Å². The summed E-state index contributed by atoms with van der Waals surface area (Å²) in [5, 5.41) is 15.1. The van der Waals surface area contributed by atoms with E-state index >= 15 is 0 Å². The van der Waals surface area contributed by atoms with Gasteiger partial charge >= 0.3 is 0 Å². The SMILES string of the molecule is CC(NC(=O)[C@@H]1C[C@H](C2CCCCC2)CN1C(=O)CNC(=O)c1ccc2c(c1)-c1ccccc1C2(F)F)c1cc(C(=N)N)cs1. The third-order valence-electron chi connectivity index (χ3n) is 9.56. The average Bonchev–Trinajstić information content (AvgIpc) is 3.77. The lowest BCUT2D eigenvalue weighted by molar-refractivity contribution is -0.138. The number of rotatable bonds is 8. The Morgan fingerprint density at radius 2 is 1.76 bits per heavy atom. The van der Waals surface area contributed by atoms with Crippen LogP contribution in [0.4, 0.5) is 8.78 Å². The van der Waals surface area contributed by atoms with Gasteiger partial charge in [-0.2, -0.15) is 8.78 Å². The second-order valence-corrected chi connectivity index (χ2v) is 13.3. The summed E-state index contributed by atoms with van der Waals surface area (Å²) >= 11 is 1.41. The predicted octanol–water partition coefficient (Wildman–Crippen LogP) is 5.56. The maximum Gasteiger partial charge on any atom is 0.299 e. The number of benzene rings is 2. The first kappa shape index (κ1) is 30.9. The van der Waals surface area contributed by atoms with E-state index in [1.165, 1.54) is 42.0 Å². The Morgan fingerprint density at radius 1 is 1.02 bits per heavy atom. The summed E-state index contributed by atoms with van der Waals surface area (Å²) in [7, 11) is 0. The van der Waals surface area contributed by atoms with E-state index in [-0.39, 0.29) is 52.8 Å². The highest BCUT2D eigenvalue weighted by Crippen LogP contribution is 2.51. The van der Waals surface area contributed by atoms with E-state index in [0.717, 1.165) is 30.6 Å². The minimum Gasteiger partial charge on any atom is -0.384 e. The van der Waals surface area contributed by atoms with Crippen molar-refractivity contribution in [2.24, 2.45) is 17.6 Å². The Balaban J connectivity index is 1.15. The summed E-state index contributed by atoms with van der Waals surface area (Å²) < 4.78 is 29.9. The van der Waals surface area contributed by atoms with Gasteiger partial charge in [0.15, 0.2) is 0 Å². The highest BCUT2D eigenvalue weighted by Gasteiger charge is 2.45. The summed E-state index contributed by atoms with van der Waals surface area (Å²) in [6, 6.07) is 11.1. The van der Waals surface area contributed by atoms with Crippen LogP contribution >= 0.6 is 11.3 Å². The smallest absolute Gasteiger partial charge is 0.299 e. The Hall–Kier alpha value is -4.12. The van der Waals surface area contributed by atoms with Crippen LogP contribution in [0.2, 0.25) is 0 Å². The normalized spacial score (nSPS) is 21.1. The molecule has 8 nitrogen and oxygen atoms in total. The molecule has 2 aromatic carbocycles. The minimum atomic E-state index is -3.15. The molecule has 1 unspecified atom stereocenters. The van der Waals surface area contributed by atoms with Crippen molar-refractivity contribution in [3.8, 4) is 11.1 Å². The van der Waals surface area contributed by atoms with Crippen molar-refractivity contribution in [2.45, 2.75) is 63.5 Å². The zero-order chi connectivity index (χ0) is 31.9. The molecule has 1 aliphatic heterocycles. The fourth-order valence-corrected chi connectivity index (χ4v) is 8.04. The van der Waals surface area contributed by atoms with Crippen LogP contribution in [0.5, 0.6) is 0 Å². The van der Waals surface area contributed by atoms with E-state index in [4.69, 9.17) is 11.1 Å². The first-order valence-corrected chi connectivity index (χ1v) is 16.4. The summed E-state index contributed by atoms with van der Waals surface area (Å²) in [5.74, 6) is -3.70. The summed E-state index contributed by atoms with van der Waals surface area (Å²) in [6.07, 6.45) is 6.22. The van der Waals surface area contributed by atoms with Gasteiger partial charge in [-0.1, -0.05) is 62.4 Å². The molecular weight excluding hydrogens is 596 g/mol. The number of nitrogens with zero attached hydrogens (tertiary/aromatic N) is 1. The Labute approximate surface area is 264 Å². The zero-order valence-electron chi connectivity index (χ0n) is 25.1. The van der Waals surface area contributed by atoms with Crippen LogP contribution in [-0.4, -0.2) is 47.6 Å². The molecule has 11 heteroatoms. The Kier molecular flexibility index (Phi) is 8.47. The molecule has 3 amide bonds.